The summed E-state index contributed by atoms with van der Waals surface area (Å²) in [5.41, 5.74) is 5.79. The minimum absolute atomic E-state index is 0. The summed E-state index contributed by atoms with van der Waals surface area (Å²) in [6, 6.07) is -0.360. The number of amides is 1. The fourth-order valence-corrected chi connectivity index (χ4v) is 2.41. The van der Waals surface area contributed by atoms with Gasteiger partial charge in [0.2, 0.25) is 5.91 Å². The van der Waals surface area contributed by atoms with E-state index in [9.17, 15) is 4.79 Å². The largest absolute Gasteiger partial charge is 0.354 e. The summed E-state index contributed by atoms with van der Waals surface area (Å²) in [6.45, 7) is 7.07. The predicted octanol–water partition coefficient (Wildman–Crippen LogP) is 2.33. The molecule has 0 aromatic carbocycles. The van der Waals surface area contributed by atoms with Crippen molar-refractivity contribution in [3.63, 3.8) is 0 Å². The Kier molecular flexibility index (Phi) is 7.80. The first-order valence-electron chi connectivity index (χ1n) is 6.54. The molecule has 0 saturated heterocycles. The molecule has 1 rings (SSSR count). The molecular formula is C13H27ClN2O. The van der Waals surface area contributed by atoms with Crippen molar-refractivity contribution in [2.24, 2.45) is 23.5 Å². The minimum Gasteiger partial charge on any atom is -0.354 e. The van der Waals surface area contributed by atoms with Gasteiger partial charge in [0.1, 0.15) is 0 Å². The van der Waals surface area contributed by atoms with Gasteiger partial charge < -0.3 is 11.1 Å². The zero-order chi connectivity index (χ0) is 12.1. The van der Waals surface area contributed by atoms with Crippen molar-refractivity contribution in [3.8, 4) is 0 Å². The Morgan fingerprint density at radius 3 is 2.59 bits per heavy atom. The van der Waals surface area contributed by atoms with Crippen molar-refractivity contribution in [3.05, 3.63) is 0 Å². The molecule has 0 heterocycles. The molecule has 0 radical (unpaired) electrons. The van der Waals surface area contributed by atoms with Crippen LogP contribution in [-0.4, -0.2) is 18.5 Å². The predicted molar refractivity (Wildman–Crippen MR) is 74.2 cm³/mol. The van der Waals surface area contributed by atoms with Gasteiger partial charge in [0, 0.05) is 6.54 Å². The Morgan fingerprint density at radius 2 is 2.06 bits per heavy atom. The van der Waals surface area contributed by atoms with Crippen molar-refractivity contribution < 1.29 is 4.79 Å². The Morgan fingerprint density at radius 1 is 1.41 bits per heavy atom. The average Bonchev–Trinajstić information content (AvgIpc) is 2.24. The first-order chi connectivity index (χ1) is 7.50. The van der Waals surface area contributed by atoms with Gasteiger partial charge in [-0.25, -0.2) is 0 Å². The number of hydrogen-bond donors (Lipinski definition) is 2. The van der Waals surface area contributed by atoms with Gasteiger partial charge >= 0.3 is 0 Å². The molecule has 0 aliphatic heterocycles. The summed E-state index contributed by atoms with van der Waals surface area (Å²) in [6.07, 6.45) is 5.15. The van der Waals surface area contributed by atoms with Gasteiger partial charge in [-0.05, 0) is 30.6 Å². The number of halogens is 1. The number of carbonyl (C=O) groups is 1. The fourth-order valence-electron chi connectivity index (χ4n) is 2.41. The molecule has 1 aliphatic rings. The van der Waals surface area contributed by atoms with Crippen LogP contribution in [0, 0.1) is 17.8 Å². The minimum atomic E-state index is -0.360. The van der Waals surface area contributed by atoms with Gasteiger partial charge in [-0.2, -0.15) is 0 Å². The molecule has 0 bridgehead atoms. The quantitative estimate of drug-likeness (QED) is 0.817. The van der Waals surface area contributed by atoms with Crippen LogP contribution in [0.5, 0.6) is 0 Å². The van der Waals surface area contributed by atoms with Crippen molar-refractivity contribution in [2.45, 2.75) is 52.5 Å². The van der Waals surface area contributed by atoms with Crippen LogP contribution in [0.4, 0.5) is 0 Å². The monoisotopic (exact) mass is 262 g/mol. The van der Waals surface area contributed by atoms with Gasteiger partial charge in [-0.3, -0.25) is 4.79 Å². The van der Waals surface area contributed by atoms with E-state index >= 15 is 0 Å². The highest BCUT2D eigenvalue weighted by Gasteiger charge is 2.21. The van der Waals surface area contributed by atoms with E-state index in [0.29, 0.717) is 5.92 Å². The van der Waals surface area contributed by atoms with E-state index in [2.05, 4.69) is 12.2 Å². The van der Waals surface area contributed by atoms with Crippen molar-refractivity contribution >= 4 is 18.3 Å². The van der Waals surface area contributed by atoms with E-state index in [1.807, 2.05) is 13.8 Å². The van der Waals surface area contributed by atoms with E-state index in [1.54, 1.807) is 0 Å². The van der Waals surface area contributed by atoms with Gasteiger partial charge in [0.25, 0.3) is 0 Å². The zero-order valence-corrected chi connectivity index (χ0v) is 12.1. The number of nitrogens with two attached hydrogens (primary N) is 1. The highest BCUT2D eigenvalue weighted by molar-refractivity contribution is 5.85. The summed E-state index contributed by atoms with van der Waals surface area (Å²) in [7, 11) is 0. The molecule has 0 aromatic rings. The SMILES string of the molecule is CC1CCCC(CNC(=O)C(N)C(C)C)C1.Cl. The maximum absolute atomic E-state index is 11.7. The van der Waals surface area contributed by atoms with E-state index in [4.69, 9.17) is 5.73 Å². The van der Waals surface area contributed by atoms with Crippen LogP contribution < -0.4 is 11.1 Å². The van der Waals surface area contributed by atoms with E-state index < -0.39 is 0 Å². The maximum atomic E-state index is 11.7. The van der Waals surface area contributed by atoms with Crippen LogP contribution >= 0.6 is 12.4 Å². The van der Waals surface area contributed by atoms with Crippen molar-refractivity contribution in [1.29, 1.82) is 0 Å². The van der Waals surface area contributed by atoms with Crippen LogP contribution in [0.25, 0.3) is 0 Å². The molecule has 3 nitrogen and oxygen atoms in total. The lowest BCUT2D eigenvalue weighted by atomic mass is 9.82. The summed E-state index contributed by atoms with van der Waals surface area (Å²) >= 11 is 0. The normalized spacial score (nSPS) is 26.2. The Balaban J connectivity index is 0.00000256. The summed E-state index contributed by atoms with van der Waals surface area (Å²) in [4.78, 5) is 11.7. The molecule has 0 aromatic heterocycles. The molecule has 1 aliphatic carbocycles. The molecular weight excluding hydrogens is 236 g/mol. The third-order valence-electron chi connectivity index (χ3n) is 3.63. The number of carbonyl (C=O) groups excluding carboxylic acids is 1. The molecule has 1 fully saturated rings. The molecule has 0 spiro atoms. The molecule has 102 valence electrons. The van der Waals surface area contributed by atoms with E-state index in [0.717, 1.165) is 12.5 Å². The Hall–Kier alpha value is -0.280. The number of nitrogens with one attached hydrogen (secondary N) is 1. The number of hydrogen-bond acceptors (Lipinski definition) is 2. The second kappa shape index (κ2) is 7.93. The standard InChI is InChI=1S/C13H26N2O.ClH/c1-9(2)12(14)13(16)15-8-11-6-4-5-10(3)7-11;/h9-12H,4-8,14H2,1-3H3,(H,15,16);1H. The van der Waals surface area contributed by atoms with Crippen molar-refractivity contribution in [1.82, 2.24) is 5.32 Å². The summed E-state index contributed by atoms with van der Waals surface area (Å²) in [5.74, 6) is 1.69. The van der Waals surface area contributed by atoms with Gasteiger partial charge in [-0.1, -0.05) is 33.6 Å². The van der Waals surface area contributed by atoms with Gasteiger partial charge in [0.15, 0.2) is 0 Å². The van der Waals surface area contributed by atoms with Crippen LogP contribution in [0.3, 0.4) is 0 Å². The first kappa shape index (κ1) is 16.7. The smallest absolute Gasteiger partial charge is 0.237 e. The summed E-state index contributed by atoms with van der Waals surface area (Å²) in [5, 5.41) is 2.99. The second-order valence-corrected chi connectivity index (χ2v) is 5.65. The molecule has 4 heteroatoms. The van der Waals surface area contributed by atoms with Crippen LogP contribution in [0.1, 0.15) is 46.5 Å². The Labute approximate surface area is 111 Å². The van der Waals surface area contributed by atoms with Crippen LogP contribution in [0.15, 0.2) is 0 Å². The first-order valence-corrected chi connectivity index (χ1v) is 6.54. The molecule has 3 atom stereocenters. The zero-order valence-electron chi connectivity index (χ0n) is 11.2. The Bertz CT molecular complexity index is 233. The lowest BCUT2D eigenvalue weighted by Gasteiger charge is -2.27. The number of rotatable bonds is 4. The molecule has 1 saturated carbocycles. The summed E-state index contributed by atoms with van der Waals surface area (Å²) < 4.78 is 0. The van der Waals surface area contributed by atoms with Gasteiger partial charge in [-0.15, -0.1) is 12.4 Å². The fraction of sp³-hybridized carbons (Fsp3) is 0.923. The third-order valence-corrected chi connectivity index (χ3v) is 3.63. The highest BCUT2D eigenvalue weighted by atomic mass is 35.5. The maximum Gasteiger partial charge on any atom is 0.237 e. The highest BCUT2D eigenvalue weighted by Crippen LogP contribution is 2.27. The lowest BCUT2D eigenvalue weighted by Crippen LogP contribution is -2.45. The van der Waals surface area contributed by atoms with Crippen molar-refractivity contribution in [2.75, 3.05) is 6.54 Å². The average molecular weight is 263 g/mol. The molecule has 1 amide bonds. The second-order valence-electron chi connectivity index (χ2n) is 5.65. The molecule has 3 unspecified atom stereocenters. The van der Waals surface area contributed by atoms with E-state index in [1.165, 1.54) is 25.7 Å². The van der Waals surface area contributed by atoms with Gasteiger partial charge in [0.05, 0.1) is 6.04 Å². The molecule has 3 N–H and O–H groups in total. The van der Waals surface area contributed by atoms with E-state index in [-0.39, 0.29) is 30.3 Å². The topological polar surface area (TPSA) is 55.1 Å². The van der Waals surface area contributed by atoms with Crippen LogP contribution in [0.2, 0.25) is 0 Å². The lowest BCUT2D eigenvalue weighted by molar-refractivity contribution is -0.123. The molecule has 17 heavy (non-hydrogen) atoms. The van der Waals surface area contributed by atoms with Crippen LogP contribution in [-0.2, 0) is 4.79 Å². The third kappa shape index (κ3) is 5.73.